The van der Waals surface area contributed by atoms with Crippen molar-refractivity contribution < 1.29 is 32.6 Å². The molecule has 0 aliphatic carbocycles. The number of aliphatic carboxylic acids is 1. The Morgan fingerprint density at radius 1 is 1.21 bits per heavy atom. The van der Waals surface area contributed by atoms with Crippen molar-refractivity contribution in [3.05, 3.63) is 34.4 Å². The second-order valence-corrected chi connectivity index (χ2v) is 7.51. The smallest absolute Gasteiger partial charge is 0.475 e. The number of nitrogens with two attached hydrogens (primary N) is 1. The van der Waals surface area contributed by atoms with Crippen LogP contribution in [0.5, 0.6) is 0 Å². The Kier molecular flexibility index (Phi) is 9.69. The molecule has 8 nitrogen and oxygen atoms in total. The zero-order valence-electron chi connectivity index (χ0n) is 18.1. The number of hydrogen-bond acceptors (Lipinski definition) is 6. The van der Waals surface area contributed by atoms with Gasteiger partial charge in [0.05, 0.1) is 13.2 Å². The van der Waals surface area contributed by atoms with Crippen molar-refractivity contribution in [3.8, 4) is 6.07 Å². The molecule has 33 heavy (non-hydrogen) atoms. The van der Waals surface area contributed by atoms with Crippen LogP contribution < -0.4 is 16.0 Å². The second-order valence-electron chi connectivity index (χ2n) is 7.51. The molecule has 0 saturated heterocycles. The first-order valence-corrected chi connectivity index (χ1v) is 10.6. The number of aryl methyl sites for hydroxylation is 2. The number of ether oxygens (including phenoxy) is 1. The maximum atomic E-state index is 12.2. The van der Waals surface area contributed by atoms with Crippen molar-refractivity contribution in [3.63, 3.8) is 0 Å². The highest BCUT2D eigenvalue weighted by atomic mass is 19.4. The van der Waals surface area contributed by atoms with Crippen molar-refractivity contribution >= 4 is 23.6 Å². The number of carbonyl (C=O) groups is 2. The van der Waals surface area contributed by atoms with Crippen LogP contribution in [0.25, 0.3) is 6.08 Å². The molecule has 0 aromatic heterocycles. The van der Waals surface area contributed by atoms with Crippen molar-refractivity contribution in [1.29, 1.82) is 5.26 Å². The summed E-state index contributed by atoms with van der Waals surface area (Å²) >= 11 is 0. The first-order valence-electron chi connectivity index (χ1n) is 10.6. The minimum absolute atomic E-state index is 0.124. The lowest BCUT2D eigenvalue weighted by atomic mass is 9.89. The molecule has 2 aliphatic heterocycles. The van der Waals surface area contributed by atoms with Gasteiger partial charge in [-0.25, -0.2) is 4.79 Å². The average molecular weight is 468 g/mol. The highest BCUT2D eigenvalue weighted by molar-refractivity contribution is 6.01. The predicted octanol–water partition coefficient (Wildman–Crippen LogP) is 2.02. The number of anilines is 1. The number of nitrogens with one attached hydrogen (secondary N) is 1. The lowest BCUT2D eigenvalue weighted by Crippen LogP contribution is -2.34. The van der Waals surface area contributed by atoms with E-state index in [1.54, 1.807) is 6.08 Å². The minimum Gasteiger partial charge on any atom is -0.475 e. The molecule has 0 bridgehead atoms. The lowest BCUT2D eigenvalue weighted by Gasteiger charge is -2.37. The first-order chi connectivity index (χ1) is 15.7. The fraction of sp³-hybridized carbons (Fsp3) is 0.500. The molecule has 180 valence electrons. The summed E-state index contributed by atoms with van der Waals surface area (Å²) in [6.45, 7) is 3.93. The van der Waals surface area contributed by atoms with Crippen LogP contribution in [0, 0.1) is 11.3 Å². The van der Waals surface area contributed by atoms with Gasteiger partial charge in [0.25, 0.3) is 5.91 Å². The molecular weight excluding hydrogens is 441 g/mol. The summed E-state index contributed by atoms with van der Waals surface area (Å²) in [6.07, 6.45) is 1.06. The van der Waals surface area contributed by atoms with Crippen LogP contribution >= 0.6 is 0 Å². The molecule has 0 unspecified atom stereocenters. The van der Waals surface area contributed by atoms with E-state index in [0.29, 0.717) is 26.3 Å². The molecule has 2 aliphatic rings. The summed E-state index contributed by atoms with van der Waals surface area (Å²) in [5, 5.41) is 19.2. The number of nitrogens with zero attached hydrogens (tertiary/aromatic N) is 2. The topological polar surface area (TPSA) is 129 Å². The first kappa shape index (κ1) is 26.2. The molecule has 1 aromatic carbocycles. The van der Waals surface area contributed by atoms with Gasteiger partial charge in [0.1, 0.15) is 11.6 Å². The normalized spacial score (nSPS) is 15.0. The van der Waals surface area contributed by atoms with Crippen LogP contribution in [-0.2, 0) is 27.2 Å². The summed E-state index contributed by atoms with van der Waals surface area (Å²) in [5.41, 5.74) is 10.5. The van der Waals surface area contributed by atoms with E-state index in [9.17, 15) is 23.2 Å². The summed E-state index contributed by atoms with van der Waals surface area (Å²) < 4.78 is 37.0. The molecule has 1 aromatic rings. The van der Waals surface area contributed by atoms with E-state index in [-0.39, 0.29) is 11.5 Å². The number of carboxylic acid groups (broad SMARTS) is 1. The van der Waals surface area contributed by atoms with Crippen molar-refractivity contribution in [2.24, 2.45) is 5.73 Å². The standard InChI is InChI=1S/C20H26N4O2.C2HF3O2/c21-5-9-26-10-6-23-20(25)18(14-22)13-15-11-16-3-1-7-24-8-2-4-17(12-15)19(16)24;3-2(4,5)1(6)7/h11-13H,1-10,21H2,(H,23,25);(H,6,7)/b18-13-;. The number of rotatable bonds is 7. The van der Waals surface area contributed by atoms with Crippen LogP contribution in [0.2, 0.25) is 0 Å². The molecule has 0 saturated carbocycles. The Hall–Kier alpha value is -3.10. The van der Waals surface area contributed by atoms with E-state index in [1.807, 2.05) is 6.07 Å². The zero-order chi connectivity index (χ0) is 24.4. The van der Waals surface area contributed by atoms with Crippen LogP contribution in [-0.4, -0.2) is 62.6 Å². The van der Waals surface area contributed by atoms with Gasteiger partial charge in [0.2, 0.25) is 0 Å². The molecule has 2 heterocycles. The summed E-state index contributed by atoms with van der Waals surface area (Å²) in [5.74, 6) is -3.12. The number of carbonyl (C=O) groups excluding carboxylic acids is 1. The monoisotopic (exact) mass is 468 g/mol. The van der Waals surface area contributed by atoms with E-state index in [4.69, 9.17) is 20.4 Å². The van der Waals surface area contributed by atoms with Gasteiger partial charge >= 0.3 is 12.1 Å². The Morgan fingerprint density at radius 3 is 2.27 bits per heavy atom. The second kappa shape index (κ2) is 12.2. The van der Waals surface area contributed by atoms with Crippen LogP contribution in [0.15, 0.2) is 17.7 Å². The van der Waals surface area contributed by atoms with Gasteiger partial charge in [-0.3, -0.25) is 4.79 Å². The number of amides is 1. The third kappa shape index (κ3) is 7.76. The molecule has 1 amide bonds. The van der Waals surface area contributed by atoms with Crippen LogP contribution in [0.1, 0.15) is 29.5 Å². The quantitative estimate of drug-likeness (QED) is 0.317. The van der Waals surface area contributed by atoms with Crippen molar-refractivity contribution in [1.82, 2.24) is 5.32 Å². The van der Waals surface area contributed by atoms with E-state index in [2.05, 4.69) is 22.3 Å². The third-order valence-corrected chi connectivity index (χ3v) is 5.07. The molecule has 0 atom stereocenters. The van der Waals surface area contributed by atoms with Gasteiger partial charge in [-0.05, 0) is 60.6 Å². The number of halogens is 3. The average Bonchev–Trinajstić information content (AvgIpc) is 2.77. The zero-order valence-corrected chi connectivity index (χ0v) is 18.1. The molecule has 4 N–H and O–H groups in total. The maximum absolute atomic E-state index is 12.2. The highest BCUT2D eigenvalue weighted by Gasteiger charge is 2.38. The van der Waals surface area contributed by atoms with E-state index in [1.165, 1.54) is 16.8 Å². The van der Waals surface area contributed by atoms with Crippen molar-refractivity contribution in [2.75, 3.05) is 44.3 Å². The van der Waals surface area contributed by atoms with Crippen LogP contribution in [0.3, 0.4) is 0 Å². The summed E-state index contributed by atoms with van der Waals surface area (Å²) in [4.78, 5) is 23.6. The Morgan fingerprint density at radius 2 is 1.79 bits per heavy atom. The Labute approximate surface area is 189 Å². The fourth-order valence-electron chi connectivity index (χ4n) is 3.75. The number of hydrogen-bond donors (Lipinski definition) is 3. The van der Waals surface area contributed by atoms with Gasteiger partial charge < -0.3 is 25.8 Å². The molecule has 3 rings (SSSR count). The van der Waals surface area contributed by atoms with Gasteiger partial charge in [0, 0.05) is 31.9 Å². The van der Waals surface area contributed by atoms with Gasteiger partial charge in [0.15, 0.2) is 0 Å². The van der Waals surface area contributed by atoms with Crippen molar-refractivity contribution in [2.45, 2.75) is 31.9 Å². The fourth-order valence-corrected chi connectivity index (χ4v) is 3.75. The molecule has 0 fully saturated rings. The van der Waals surface area contributed by atoms with E-state index < -0.39 is 12.1 Å². The summed E-state index contributed by atoms with van der Waals surface area (Å²) in [7, 11) is 0. The SMILES string of the molecule is N#C/C(=C/c1cc2c3c(c1)CCCN3CCC2)C(=O)NCCOCCN.O=C(O)C(F)(F)F. The lowest BCUT2D eigenvalue weighted by molar-refractivity contribution is -0.192. The van der Waals surface area contributed by atoms with Gasteiger partial charge in [-0.2, -0.15) is 18.4 Å². The highest BCUT2D eigenvalue weighted by Crippen LogP contribution is 2.36. The van der Waals surface area contributed by atoms with E-state index in [0.717, 1.165) is 44.3 Å². The number of carboxylic acids is 1. The Bertz CT molecular complexity index is 894. The molecular formula is C22H27F3N4O4. The molecule has 0 radical (unpaired) electrons. The van der Waals surface area contributed by atoms with Gasteiger partial charge in [-0.1, -0.05) is 0 Å². The maximum Gasteiger partial charge on any atom is 0.490 e. The third-order valence-electron chi connectivity index (χ3n) is 5.07. The number of benzene rings is 1. The molecule has 11 heteroatoms. The van der Waals surface area contributed by atoms with E-state index >= 15 is 0 Å². The van der Waals surface area contributed by atoms with Gasteiger partial charge in [-0.15, -0.1) is 0 Å². The predicted molar refractivity (Wildman–Crippen MR) is 115 cm³/mol. The number of alkyl halides is 3. The largest absolute Gasteiger partial charge is 0.490 e. The molecule has 0 spiro atoms. The summed E-state index contributed by atoms with van der Waals surface area (Å²) in [6, 6.07) is 6.28. The van der Waals surface area contributed by atoms with Crippen LogP contribution in [0.4, 0.5) is 18.9 Å². The number of nitriles is 1. The minimum atomic E-state index is -5.08. The Balaban J connectivity index is 0.000000479.